The highest BCUT2D eigenvalue weighted by molar-refractivity contribution is 7.98. The highest BCUT2D eigenvalue weighted by atomic mass is 32.2. The summed E-state index contributed by atoms with van der Waals surface area (Å²) >= 11 is 6.80. The van der Waals surface area contributed by atoms with E-state index in [1.165, 1.54) is 0 Å². The number of thiocarbonyl (C=S) groups is 1. The molecule has 0 bridgehead atoms. The minimum atomic E-state index is 0.439. The summed E-state index contributed by atoms with van der Waals surface area (Å²) < 4.78 is 5.08. The lowest BCUT2D eigenvalue weighted by Crippen LogP contribution is -2.25. The highest BCUT2D eigenvalue weighted by Gasteiger charge is 2.13. The number of hydrogen-bond acceptors (Lipinski definition) is 4. The van der Waals surface area contributed by atoms with Gasteiger partial charge in [0.25, 0.3) is 0 Å². The van der Waals surface area contributed by atoms with Crippen LogP contribution in [0.4, 0.5) is 5.69 Å². The van der Waals surface area contributed by atoms with Crippen molar-refractivity contribution in [3.8, 4) is 0 Å². The molecule has 1 aromatic rings. The maximum atomic E-state index is 5.82. The van der Waals surface area contributed by atoms with E-state index >= 15 is 0 Å². The molecule has 0 aliphatic carbocycles. The van der Waals surface area contributed by atoms with Crippen LogP contribution in [-0.4, -0.2) is 38.6 Å². The predicted molar refractivity (Wildman–Crippen MR) is 79.3 cm³/mol. The Bertz CT molecular complexity index is 396. The van der Waals surface area contributed by atoms with E-state index in [4.69, 9.17) is 22.7 Å². The Labute approximate surface area is 112 Å². The quantitative estimate of drug-likeness (QED) is 0.633. The van der Waals surface area contributed by atoms with Crippen LogP contribution in [0.2, 0.25) is 0 Å². The van der Waals surface area contributed by atoms with Crippen molar-refractivity contribution >= 4 is 34.7 Å². The summed E-state index contributed by atoms with van der Waals surface area (Å²) in [5.41, 5.74) is 7.83. The van der Waals surface area contributed by atoms with E-state index in [1.807, 2.05) is 31.5 Å². The van der Waals surface area contributed by atoms with Gasteiger partial charge in [0.2, 0.25) is 0 Å². The monoisotopic (exact) mass is 270 g/mol. The van der Waals surface area contributed by atoms with Gasteiger partial charge in [-0.3, -0.25) is 0 Å². The standard InChI is InChI=1S/C12H18N2OS2/c1-14(7-8-15-2)9-5-4-6-10(17-3)11(9)12(13)16/h4-6H,7-8H2,1-3H3,(H2,13,16). The molecule has 0 atom stereocenters. The molecule has 17 heavy (non-hydrogen) atoms. The molecular weight excluding hydrogens is 252 g/mol. The molecule has 0 heterocycles. The maximum Gasteiger partial charge on any atom is 0.107 e. The molecule has 3 nitrogen and oxygen atoms in total. The Morgan fingerprint density at radius 3 is 2.76 bits per heavy atom. The van der Waals surface area contributed by atoms with Gasteiger partial charge in [-0.15, -0.1) is 11.8 Å². The van der Waals surface area contributed by atoms with Crippen molar-refractivity contribution < 1.29 is 4.74 Å². The van der Waals surface area contributed by atoms with Crippen LogP contribution in [-0.2, 0) is 4.74 Å². The fourth-order valence-corrected chi connectivity index (χ4v) is 2.52. The third-order valence-electron chi connectivity index (χ3n) is 2.51. The molecule has 5 heteroatoms. The van der Waals surface area contributed by atoms with E-state index in [0.29, 0.717) is 11.6 Å². The molecule has 1 rings (SSSR count). The minimum Gasteiger partial charge on any atom is -0.389 e. The van der Waals surface area contributed by atoms with Gasteiger partial charge in [-0.05, 0) is 18.4 Å². The summed E-state index contributed by atoms with van der Waals surface area (Å²) in [6, 6.07) is 6.09. The number of rotatable bonds is 6. The molecule has 0 aliphatic heterocycles. The average Bonchev–Trinajstić information content (AvgIpc) is 2.34. The average molecular weight is 270 g/mol. The van der Waals surface area contributed by atoms with Gasteiger partial charge in [0.1, 0.15) is 4.99 Å². The SMILES string of the molecule is COCCN(C)c1cccc(SC)c1C(N)=S. The van der Waals surface area contributed by atoms with Crippen LogP contribution < -0.4 is 10.6 Å². The van der Waals surface area contributed by atoms with Crippen molar-refractivity contribution in [1.29, 1.82) is 0 Å². The van der Waals surface area contributed by atoms with Gasteiger partial charge in [-0.25, -0.2) is 0 Å². The van der Waals surface area contributed by atoms with Crippen LogP contribution in [0.15, 0.2) is 23.1 Å². The van der Waals surface area contributed by atoms with E-state index in [-0.39, 0.29) is 0 Å². The Morgan fingerprint density at radius 2 is 2.24 bits per heavy atom. The maximum absolute atomic E-state index is 5.82. The number of ether oxygens (including phenoxy) is 1. The lowest BCUT2D eigenvalue weighted by molar-refractivity contribution is 0.206. The molecular formula is C12H18N2OS2. The fraction of sp³-hybridized carbons (Fsp3) is 0.417. The lowest BCUT2D eigenvalue weighted by Gasteiger charge is -2.23. The van der Waals surface area contributed by atoms with E-state index in [2.05, 4.69) is 4.90 Å². The van der Waals surface area contributed by atoms with Crippen molar-refractivity contribution in [3.63, 3.8) is 0 Å². The zero-order valence-electron chi connectivity index (χ0n) is 10.4. The van der Waals surface area contributed by atoms with Crippen LogP contribution in [0.3, 0.4) is 0 Å². The third-order valence-corrected chi connectivity index (χ3v) is 3.50. The summed E-state index contributed by atoms with van der Waals surface area (Å²) in [6.07, 6.45) is 2.02. The number of benzene rings is 1. The molecule has 2 N–H and O–H groups in total. The van der Waals surface area contributed by atoms with Gasteiger partial charge in [0.15, 0.2) is 0 Å². The van der Waals surface area contributed by atoms with Crippen LogP contribution in [0.25, 0.3) is 0 Å². The minimum absolute atomic E-state index is 0.439. The molecule has 0 saturated carbocycles. The first-order valence-corrected chi connectivity index (χ1v) is 6.92. The van der Waals surface area contributed by atoms with Gasteiger partial charge >= 0.3 is 0 Å². The van der Waals surface area contributed by atoms with Crippen LogP contribution in [0.1, 0.15) is 5.56 Å². The molecule has 0 amide bonds. The molecule has 1 aromatic carbocycles. The summed E-state index contributed by atoms with van der Waals surface area (Å²) in [5.74, 6) is 0. The normalized spacial score (nSPS) is 10.3. The van der Waals surface area contributed by atoms with E-state index in [0.717, 1.165) is 22.7 Å². The molecule has 0 aromatic heterocycles. The molecule has 0 radical (unpaired) electrons. The predicted octanol–water partition coefficient (Wildman–Crippen LogP) is 2.13. The Hall–Kier alpha value is -0.780. The lowest BCUT2D eigenvalue weighted by atomic mass is 10.1. The third kappa shape index (κ3) is 3.59. The number of hydrogen-bond donors (Lipinski definition) is 1. The second-order valence-electron chi connectivity index (χ2n) is 3.63. The highest BCUT2D eigenvalue weighted by Crippen LogP contribution is 2.29. The summed E-state index contributed by atoms with van der Waals surface area (Å²) in [7, 11) is 3.71. The Kier molecular flexibility index (Phi) is 5.74. The topological polar surface area (TPSA) is 38.5 Å². The van der Waals surface area contributed by atoms with Crippen molar-refractivity contribution in [2.45, 2.75) is 4.90 Å². The fourth-order valence-electron chi connectivity index (χ4n) is 1.60. The zero-order chi connectivity index (χ0) is 12.8. The smallest absolute Gasteiger partial charge is 0.107 e. The Balaban J connectivity index is 3.09. The summed E-state index contributed by atoms with van der Waals surface area (Å²) in [4.78, 5) is 3.66. The van der Waals surface area contributed by atoms with Gasteiger partial charge in [-0.1, -0.05) is 18.3 Å². The van der Waals surface area contributed by atoms with Gasteiger partial charge in [0, 0.05) is 36.8 Å². The molecule has 0 aliphatic rings. The number of thioether (sulfide) groups is 1. The molecule has 0 unspecified atom stereocenters. The summed E-state index contributed by atoms with van der Waals surface area (Å²) in [6.45, 7) is 1.49. The van der Waals surface area contributed by atoms with Crippen LogP contribution in [0.5, 0.6) is 0 Å². The van der Waals surface area contributed by atoms with Crippen LogP contribution in [0, 0.1) is 0 Å². The van der Waals surface area contributed by atoms with Gasteiger partial charge in [0.05, 0.1) is 6.61 Å². The van der Waals surface area contributed by atoms with Gasteiger partial charge < -0.3 is 15.4 Å². The Morgan fingerprint density at radius 1 is 1.53 bits per heavy atom. The number of anilines is 1. The molecule has 94 valence electrons. The van der Waals surface area contributed by atoms with E-state index < -0.39 is 0 Å². The van der Waals surface area contributed by atoms with Crippen molar-refractivity contribution in [3.05, 3.63) is 23.8 Å². The van der Waals surface area contributed by atoms with E-state index in [1.54, 1.807) is 18.9 Å². The number of nitrogens with zero attached hydrogens (tertiary/aromatic N) is 1. The molecule has 0 spiro atoms. The van der Waals surface area contributed by atoms with Crippen molar-refractivity contribution in [1.82, 2.24) is 0 Å². The first-order chi connectivity index (χ1) is 8.11. The number of likely N-dealkylation sites (N-methyl/N-ethyl adjacent to an activating group) is 1. The molecule has 0 fully saturated rings. The van der Waals surface area contributed by atoms with Crippen molar-refractivity contribution in [2.75, 3.05) is 38.5 Å². The first kappa shape index (κ1) is 14.3. The second-order valence-corrected chi connectivity index (χ2v) is 4.92. The number of methoxy groups -OCH3 is 1. The van der Waals surface area contributed by atoms with Crippen molar-refractivity contribution in [2.24, 2.45) is 5.73 Å². The van der Waals surface area contributed by atoms with Gasteiger partial charge in [-0.2, -0.15) is 0 Å². The first-order valence-electron chi connectivity index (χ1n) is 5.28. The number of nitrogens with two attached hydrogens (primary N) is 1. The zero-order valence-corrected chi connectivity index (χ0v) is 12.0. The largest absolute Gasteiger partial charge is 0.389 e. The second kappa shape index (κ2) is 6.83. The van der Waals surface area contributed by atoms with E-state index in [9.17, 15) is 0 Å². The molecule has 0 saturated heterocycles. The summed E-state index contributed by atoms with van der Waals surface area (Å²) in [5, 5.41) is 0. The van der Waals surface area contributed by atoms with Crippen LogP contribution >= 0.6 is 24.0 Å².